The zero-order valence-corrected chi connectivity index (χ0v) is 15.7. The Morgan fingerprint density at radius 3 is 2.20 bits per heavy atom. The van der Waals surface area contributed by atoms with Crippen LogP contribution < -0.4 is 4.74 Å². The molecular weight excluding hydrogens is 318 g/mol. The van der Waals surface area contributed by atoms with E-state index in [1.165, 1.54) is 0 Å². The van der Waals surface area contributed by atoms with Crippen LogP contribution in [0.4, 0.5) is 0 Å². The molecule has 0 bridgehead atoms. The second-order valence-corrected chi connectivity index (χ2v) is 7.19. The van der Waals surface area contributed by atoms with Crippen molar-refractivity contribution in [3.05, 3.63) is 40.3 Å². The molecule has 0 aromatic heterocycles. The van der Waals surface area contributed by atoms with E-state index >= 15 is 0 Å². The first-order valence-electron chi connectivity index (χ1n) is 8.67. The summed E-state index contributed by atoms with van der Waals surface area (Å²) in [6.07, 6.45) is 2.61. The van der Waals surface area contributed by atoms with Crippen molar-refractivity contribution in [3.63, 3.8) is 0 Å². The van der Waals surface area contributed by atoms with Gasteiger partial charge in [0.2, 0.25) is 0 Å². The Morgan fingerprint density at radius 1 is 1.08 bits per heavy atom. The molecule has 6 nitrogen and oxygen atoms in total. The molecule has 0 spiro atoms. The van der Waals surface area contributed by atoms with E-state index in [4.69, 9.17) is 15.0 Å². The zero-order valence-electron chi connectivity index (χ0n) is 15.7. The maximum absolute atomic E-state index is 10.7. The number of carbonyl (C=O) groups is 1. The summed E-state index contributed by atoms with van der Waals surface area (Å²) in [5.74, 6) is 0.743. The molecule has 2 atom stereocenters. The summed E-state index contributed by atoms with van der Waals surface area (Å²) in [6.45, 7) is 10.5. The summed E-state index contributed by atoms with van der Waals surface area (Å²) >= 11 is 0. The highest BCUT2D eigenvalue weighted by molar-refractivity contribution is 5.74. The lowest BCUT2D eigenvalue weighted by Gasteiger charge is -2.31. The van der Waals surface area contributed by atoms with Gasteiger partial charge >= 0.3 is 0 Å². The van der Waals surface area contributed by atoms with Crippen LogP contribution in [0.25, 0.3) is 10.4 Å². The monoisotopic (exact) mass is 347 g/mol. The predicted molar refractivity (Wildman–Crippen MR) is 99.0 cm³/mol. The molecule has 0 amide bonds. The van der Waals surface area contributed by atoms with Gasteiger partial charge in [-0.05, 0) is 48.1 Å². The van der Waals surface area contributed by atoms with Crippen LogP contribution in [0.5, 0.6) is 5.75 Å². The van der Waals surface area contributed by atoms with Gasteiger partial charge in [-0.15, -0.1) is 0 Å². The molecule has 0 aliphatic carbocycles. The molecule has 1 aromatic rings. The standard InChI is InChI=1S/C19H29N3O3/c1-5-18(3,12-21-22-20)13-24-14-19(4,6-2)15-25-17-9-7-16(11-23)8-10-17/h7-11H,5-6,12-15H2,1-4H3. The quantitative estimate of drug-likeness (QED) is 0.230. The van der Waals surface area contributed by atoms with Gasteiger partial charge in [-0.3, -0.25) is 4.79 Å². The van der Waals surface area contributed by atoms with Gasteiger partial charge in [-0.1, -0.05) is 32.8 Å². The lowest BCUT2D eigenvalue weighted by Crippen LogP contribution is -2.33. The van der Waals surface area contributed by atoms with E-state index in [-0.39, 0.29) is 10.8 Å². The second-order valence-electron chi connectivity index (χ2n) is 7.19. The summed E-state index contributed by atoms with van der Waals surface area (Å²) in [6, 6.07) is 7.08. The Morgan fingerprint density at radius 2 is 1.68 bits per heavy atom. The van der Waals surface area contributed by atoms with E-state index in [0.29, 0.717) is 31.9 Å². The van der Waals surface area contributed by atoms with Crippen LogP contribution >= 0.6 is 0 Å². The average molecular weight is 347 g/mol. The molecule has 6 heteroatoms. The highest BCUT2D eigenvalue weighted by atomic mass is 16.5. The Hall–Kier alpha value is -2.04. The Kier molecular flexibility index (Phi) is 8.46. The molecule has 138 valence electrons. The Labute approximate surface area is 150 Å². The van der Waals surface area contributed by atoms with Crippen molar-refractivity contribution in [2.45, 2.75) is 40.5 Å². The molecule has 0 saturated carbocycles. The van der Waals surface area contributed by atoms with Gasteiger partial charge < -0.3 is 9.47 Å². The second kappa shape index (κ2) is 10.1. The molecule has 1 aromatic carbocycles. The fraction of sp³-hybridized carbons (Fsp3) is 0.632. The number of ether oxygens (including phenoxy) is 2. The lowest BCUT2D eigenvalue weighted by molar-refractivity contribution is -0.0138. The number of hydrogen-bond acceptors (Lipinski definition) is 4. The third-order valence-corrected chi connectivity index (χ3v) is 4.73. The summed E-state index contributed by atoms with van der Waals surface area (Å²) in [4.78, 5) is 13.5. The van der Waals surface area contributed by atoms with Crippen LogP contribution in [0.3, 0.4) is 0 Å². The third-order valence-electron chi connectivity index (χ3n) is 4.73. The molecule has 2 unspecified atom stereocenters. The number of aldehydes is 1. The van der Waals surface area contributed by atoms with E-state index < -0.39 is 0 Å². The summed E-state index contributed by atoms with van der Waals surface area (Å²) in [7, 11) is 0. The van der Waals surface area contributed by atoms with E-state index in [0.717, 1.165) is 24.9 Å². The number of azide groups is 1. The van der Waals surface area contributed by atoms with Crippen LogP contribution in [-0.4, -0.2) is 32.7 Å². The molecule has 0 aliphatic rings. The molecule has 0 N–H and O–H groups in total. The Bertz CT molecular complexity index is 584. The highest BCUT2D eigenvalue weighted by Gasteiger charge is 2.27. The van der Waals surface area contributed by atoms with Gasteiger partial charge in [0.05, 0.1) is 19.8 Å². The van der Waals surface area contributed by atoms with Crippen LogP contribution in [0.2, 0.25) is 0 Å². The van der Waals surface area contributed by atoms with Crippen LogP contribution in [0, 0.1) is 10.8 Å². The van der Waals surface area contributed by atoms with Gasteiger partial charge in [0.1, 0.15) is 12.0 Å². The minimum absolute atomic E-state index is 0.115. The first-order chi connectivity index (χ1) is 11.9. The first kappa shape index (κ1) is 21.0. The van der Waals surface area contributed by atoms with Crippen molar-refractivity contribution in [3.8, 4) is 5.75 Å². The number of hydrogen-bond donors (Lipinski definition) is 0. The minimum Gasteiger partial charge on any atom is -0.493 e. The molecule has 0 saturated heterocycles. The van der Waals surface area contributed by atoms with Crippen molar-refractivity contribution < 1.29 is 14.3 Å². The largest absolute Gasteiger partial charge is 0.493 e. The molecule has 25 heavy (non-hydrogen) atoms. The Balaban J connectivity index is 2.54. The number of benzene rings is 1. The van der Waals surface area contributed by atoms with Crippen molar-refractivity contribution in [1.29, 1.82) is 0 Å². The fourth-order valence-electron chi connectivity index (χ4n) is 2.15. The molecule has 0 radical (unpaired) electrons. The van der Waals surface area contributed by atoms with E-state index in [9.17, 15) is 4.79 Å². The van der Waals surface area contributed by atoms with Crippen molar-refractivity contribution in [1.82, 2.24) is 0 Å². The average Bonchev–Trinajstić information content (AvgIpc) is 2.65. The molecule has 1 rings (SSSR count). The minimum atomic E-state index is -0.146. The fourth-order valence-corrected chi connectivity index (χ4v) is 2.15. The molecule has 0 fully saturated rings. The van der Waals surface area contributed by atoms with E-state index in [1.54, 1.807) is 24.3 Å². The summed E-state index contributed by atoms with van der Waals surface area (Å²) < 4.78 is 11.8. The highest BCUT2D eigenvalue weighted by Crippen LogP contribution is 2.27. The molecule has 0 heterocycles. The molecular formula is C19H29N3O3. The van der Waals surface area contributed by atoms with Crippen LogP contribution in [0.1, 0.15) is 50.9 Å². The maximum atomic E-state index is 10.7. The zero-order chi connectivity index (χ0) is 18.8. The van der Waals surface area contributed by atoms with Gasteiger partial charge in [-0.25, -0.2) is 0 Å². The van der Waals surface area contributed by atoms with Crippen LogP contribution in [-0.2, 0) is 4.74 Å². The number of nitrogens with zero attached hydrogens (tertiary/aromatic N) is 3. The van der Waals surface area contributed by atoms with Crippen LogP contribution in [0.15, 0.2) is 29.4 Å². The maximum Gasteiger partial charge on any atom is 0.150 e. The summed E-state index contributed by atoms with van der Waals surface area (Å²) in [5, 5.41) is 3.69. The summed E-state index contributed by atoms with van der Waals surface area (Å²) in [5.41, 5.74) is 8.88. The third kappa shape index (κ3) is 7.16. The SMILES string of the molecule is CCC(C)(CN=[N+]=[N-])COCC(C)(CC)COc1ccc(C=O)cc1. The lowest BCUT2D eigenvalue weighted by atomic mass is 9.87. The molecule has 0 aliphatic heterocycles. The normalized spacial score (nSPS) is 15.5. The van der Waals surface area contributed by atoms with Crippen molar-refractivity contribution >= 4 is 6.29 Å². The number of rotatable bonds is 12. The van der Waals surface area contributed by atoms with Gasteiger partial charge in [0.15, 0.2) is 0 Å². The van der Waals surface area contributed by atoms with E-state index in [1.807, 2.05) is 0 Å². The van der Waals surface area contributed by atoms with Gasteiger partial charge in [0.25, 0.3) is 0 Å². The predicted octanol–water partition coefficient (Wildman–Crippen LogP) is 5.04. The van der Waals surface area contributed by atoms with E-state index in [2.05, 4.69) is 37.7 Å². The van der Waals surface area contributed by atoms with Gasteiger partial charge in [0, 0.05) is 22.4 Å². The first-order valence-corrected chi connectivity index (χ1v) is 8.67. The van der Waals surface area contributed by atoms with Crippen molar-refractivity contribution in [2.24, 2.45) is 15.9 Å². The number of carbonyl (C=O) groups excluding carboxylic acids is 1. The van der Waals surface area contributed by atoms with Gasteiger partial charge in [-0.2, -0.15) is 0 Å². The topological polar surface area (TPSA) is 84.3 Å². The smallest absolute Gasteiger partial charge is 0.150 e. The van der Waals surface area contributed by atoms with Crippen molar-refractivity contribution in [2.75, 3.05) is 26.4 Å².